The topological polar surface area (TPSA) is 63.3 Å². The lowest BCUT2D eigenvalue weighted by molar-refractivity contribution is -0.138. The Labute approximate surface area is 94.9 Å². The molecular formula is C13H13NO2. The Bertz CT molecular complexity index is 568. The number of hydrogen-bond donors (Lipinski definition) is 2. The largest absolute Gasteiger partial charge is 0.480 e. The first kappa shape index (κ1) is 9.36. The van der Waals surface area contributed by atoms with Crippen molar-refractivity contribution in [1.29, 1.82) is 0 Å². The van der Waals surface area contributed by atoms with Crippen molar-refractivity contribution in [3.63, 3.8) is 0 Å². The quantitative estimate of drug-likeness (QED) is 0.822. The van der Waals surface area contributed by atoms with Crippen LogP contribution in [0.1, 0.15) is 6.93 Å². The zero-order valence-corrected chi connectivity index (χ0v) is 8.68. The van der Waals surface area contributed by atoms with Crippen LogP contribution >= 0.6 is 0 Å². The van der Waals surface area contributed by atoms with Crippen molar-refractivity contribution in [2.45, 2.75) is 12.5 Å². The standard InChI is InChI=1S/C13H13NO2/c14-12(13(15)16)8-10-6-3-5-9-4-1-2-7-11(9)10/h1-7,12H,8,14H2,(H,15,16)/t12-/m0/s1/i6D. The Balaban J connectivity index is 2.51. The maximum Gasteiger partial charge on any atom is 0.320 e. The number of carbonyl (C=O) groups is 1. The van der Waals surface area contributed by atoms with Gasteiger partial charge in [-0.05, 0) is 22.8 Å². The molecule has 0 spiro atoms. The zero-order chi connectivity index (χ0) is 12.4. The minimum Gasteiger partial charge on any atom is -0.480 e. The fraction of sp³-hybridized carbons (Fsp3) is 0.154. The number of nitrogens with two attached hydrogens (primary N) is 1. The molecule has 2 aromatic rings. The second-order valence-electron chi connectivity index (χ2n) is 3.69. The van der Waals surface area contributed by atoms with Crippen molar-refractivity contribution in [2.75, 3.05) is 0 Å². The van der Waals surface area contributed by atoms with E-state index in [4.69, 9.17) is 12.2 Å². The predicted molar refractivity (Wildman–Crippen MR) is 63.3 cm³/mol. The van der Waals surface area contributed by atoms with Gasteiger partial charge < -0.3 is 10.8 Å². The summed E-state index contributed by atoms with van der Waals surface area (Å²) in [7, 11) is 0. The van der Waals surface area contributed by atoms with E-state index < -0.39 is 12.0 Å². The Morgan fingerprint density at radius 1 is 1.38 bits per heavy atom. The average Bonchev–Trinajstić information content (AvgIpc) is 2.32. The Morgan fingerprint density at radius 2 is 2.06 bits per heavy atom. The van der Waals surface area contributed by atoms with Crippen LogP contribution in [0.3, 0.4) is 0 Å². The van der Waals surface area contributed by atoms with E-state index in [0.717, 1.165) is 10.8 Å². The van der Waals surface area contributed by atoms with Gasteiger partial charge in [0.1, 0.15) is 6.04 Å². The van der Waals surface area contributed by atoms with Crippen molar-refractivity contribution < 1.29 is 11.3 Å². The molecule has 3 heteroatoms. The number of carboxylic acid groups (broad SMARTS) is 1. The van der Waals surface area contributed by atoms with Crippen LogP contribution in [0.2, 0.25) is 0 Å². The van der Waals surface area contributed by atoms with Crippen LogP contribution in [-0.2, 0) is 11.2 Å². The molecule has 0 amide bonds. The molecule has 0 saturated carbocycles. The zero-order valence-electron chi connectivity index (χ0n) is 9.68. The molecule has 0 aliphatic carbocycles. The minimum absolute atomic E-state index is 0.176. The molecule has 1 atom stereocenters. The summed E-state index contributed by atoms with van der Waals surface area (Å²) in [6.07, 6.45) is 0.176. The van der Waals surface area contributed by atoms with Gasteiger partial charge in [0.25, 0.3) is 0 Å². The van der Waals surface area contributed by atoms with Gasteiger partial charge in [0.2, 0.25) is 0 Å². The molecule has 2 aromatic carbocycles. The molecule has 0 unspecified atom stereocenters. The van der Waals surface area contributed by atoms with Crippen LogP contribution in [0.15, 0.2) is 42.4 Å². The van der Waals surface area contributed by atoms with E-state index in [1.54, 1.807) is 6.07 Å². The van der Waals surface area contributed by atoms with E-state index in [1.807, 2.05) is 30.3 Å². The van der Waals surface area contributed by atoms with Gasteiger partial charge in [0, 0.05) is 0 Å². The van der Waals surface area contributed by atoms with Gasteiger partial charge in [-0.15, -0.1) is 0 Å². The van der Waals surface area contributed by atoms with Gasteiger partial charge in [-0.3, -0.25) is 4.79 Å². The molecule has 2 rings (SSSR count). The highest BCUT2D eigenvalue weighted by atomic mass is 16.4. The lowest BCUT2D eigenvalue weighted by Gasteiger charge is -2.09. The summed E-state index contributed by atoms with van der Waals surface area (Å²) >= 11 is 0. The van der Waals surface area contributed by atoms with E-state index in [-0.39, 0.29) is 6.42 Å². The normalized spacial score (nSPS) is 13.4. The first-order valence-electron chi connectivity index (χ1n) is 5.55. The van der Waals surface area contributed by atoms with Crippen molar-refractivity contribution in [2.24, 2.45) is 5.73 Å². The predicted octanol–water partition coefficient (Wildman–Crippen LogP) is 1.79. The molecule has 0 heterocycles. The Kier molecular flexibility index (Phi) is 2.53. The maximum absolute atomic E-state index is 10.8. The fourth-order valence-corrected chi connectivity index (χ4v) is 1.70. The van der Waals surface area contributed by atoms with E-state index in [2.05, 4.69) is 0 Å². The minimum atomic E-state index is -1.04. The highest BCUT2D eigenvalue weighted by Gasteiger charge is 2.13. The summed E-state index contributed by atoms with van der Waals surface area (Å²) in [6.45, 7) is 0. The van der Waals surface area contributed by atoms with Crippen molar-refractivity contribution in [1.82, 2.24) is 0 Å². The molecule has 0 saturated heterocycles. The first-order valence-corrected chi connectivity index (χ1v) is 5.05. The molecule has 3 N–H and O–H groups in total. The smallest absolute Gasteiger partial charge is 0.320 e. The number of aliphatic carboxylic acids is 1. The summed E-state index contributed by atoms with van der Waals surface area (Å²) in [6, 6.07) is 10.5. The molecule has 16 heavy (non-hydrogen) atoms. The van der Waals surface area contributed by atoms with Gasteiger partial charge in [0.15, 0.2) is 0 Å². The Hall–Kier alpha value is -1.87. The molecule has 0 bridgehead atoms. The molecule has 0 radical (unpaired) electrons. The lowest BCUT2D eigenvalue weighted by Crippen LogP contribution is -2.32. The monoisotopic (exact) mass is 216 g/mol. The van der Waals surface area contributed by atoms with Gasteiger partial charge in [-0.1, -0.05) is 42.4 Å². The van der Waals surface area contributed by atoms with Crippen LogP contribution in [0.5, 0.6) is 0 Å². The SMILES string of the molecule is [2H]c1ccc2ccccc2c1C[C@H](N)C(=O)O. The van der Waals surface area contributed by atoms with Crippen LogP contribution < -0.4 is 5.73 Å². The number of rotatable bonds is 3. The summed E-state index contributed by atoms with van der Waals surface area (Å²) in [5.41, 5.74) is 6.22. The summed E-state index contributed by atoms with van der Waals surface area (Å²) < 4.78 is 7.84. The molecule has 0 aliphatic heterocycles. The molecule has 0 fully saturated rings. The number of benzene rings is 2. The fourth-order valence-electron chi connectivity index (χ4n) is 1.70. The third-order valence-electron chi connectivity index (χ3n) is 2.55. The third kappa shape index (κ3) is 2.04. The van der Waals surface area contributed by atoms with Crippen molar-refractivity contribution in [3.05, 3.63) is 48.0 Å². The lowest BCUT2D eigenvalue weighted by atomic mass is 9.99. The second-order valence-corrected chi connectivity index (χ2v) is 3.69. The summed E-state index contributed by atoms with van der Waals surface area (Å²) in [5, 5.41) is 10.7. The van der Waals surface area contributed by atoms with Gasteiger partial charge in [0.05, 0.1) is 1.37 Å². The van der Waals surface area contributed by atoms with Gasteiger partial charge >= 0.3 is 5.97 Å². The molecule has 0 aliphatic rings. The summed E-state index contributed by atoms with van der Waals surface area (Å²) in [4.78, 5) is 10.8. The molecule has 82 valence electrons. The second kappa shape index (κ2) is 4.33. The van der Waals surface area contributed by atoms with E-state index in [9.17, 15) is 4.79 Å². The molecular weight excluding hydrogens is 202 g/mol. The van der Waals surface area contributed by atoms with E-state index in [1.165, 1.54) is 0 Å². The van der Waals surface area contributed by atoms with Gasteiger partial charge in [-0.2, -0.15) is 0 Å². The highest BCUT2D eigenvalue weighted by Crippen LogP contribution is 2.19. The van der Waals surface area contributed by atoms with Crippen LogP contribution in [0.4, 0.5) is 0 Å². The molecule has 3 nitrogen and oxygen atoms in total. The molecule has 0 aromatic heterocycles. The van der Waals surface area contributed by atoms with Crippen LogP contribution in [-0.4, -0.2) is 17.1 Å². The highest BCUT2D eigenvalue weighted by molar-refractivity contribution is 5.86. The van der Waals surface area contributed by atoms with Crippen molar-refractivity contribution in [3.8, 4) is 0 Å². The first-order chi connectivity index (χ1) is 8.09. The third-order valence-corrected chi connectivity index (χ3v) is 2.55. The maximum atomic E-state index is 10.8. The number of hydrogen-bond acceptors (Lipinski definition) is 2. The van der Waals surface area contributed by atoms with Gasteiger partial charge in [-0.25, -0.2) is 0 Å². The van der Waals surface area contributed by atoms with E-state index in [0.29, 0.717) is 11.6 Å². The number of carboxylic acids is 1. The van der Waals surface area contributed by atoms with Crippen molar-refractivity contribution >= 4 is 16.7 Å². The Morgan fingerprint density at radius 3 is 2.81 bits per heavy atom. The number of fused-ring (bicyclic) bond motifs is 1. The summed E-state index contributed by atoms with van der Waals surface area (Å²) in [5.74, 6) is -1.04. The average molecular weight is 216 g/mol. The van der Waals surface area contributed by atoms with Crippen LogP contribution in [0.25, 0.3) is 10.8 Å². The van der Waals surface area contributed by atoms with E-state index >= 15 is 0 Å². The van der Waals surface area contributed by atoms with Crippen LogP contribution in [0, 0.1) is 0 Å².